The van der Waals surface area contributed by atoms with Crippen LogP contribution in [0, 0.1) is 28.1 Å². The highest BCUT2D eigenvalue weighted by molar-refractivity contribution is 5.99. The second-order valence-electron chi connectivity index (χ2n) is 7.31. The first kappa shape index (κ1) is 11.5. The smallest absolute Gasteiger partial charge is 0.162 e. The number of allylic oxidation sites excluding steroid dienone is 2. The topological polar surface area (TPSA) is 37.3 Å². The lowest BCUT2D eigenvalue weighted by molar-refractivity contribution is -0.126. The largest absolute Gasteiger partial charge is 0.393 e. The van der Waals surface area contributed by atoms with Gasteiger partial charge in [-0.15, -0.1) is 0 Å². The van der Waals surface area contributed by atoms with Gasteiger partial charge in [0.25, 0.3) is 0 Å². The summed E-state index contributed by atoms with van der Waals surface area (Å²) in [5, 5.41) is 10.4. The minimum Gasteiger partial charge on any atom is -0.393 e. The van der Waals surface area contributed by atoms with Crippen LogP contribution >= 0.6 is 0 Å². The molecule has 3 rings (SSSR count). The first-order valence-corrected chi connectivity index (χ1v) is 6.67. The summed E-state index contributed by atoms with van der Waals surface area (Å²) in [6.07, 6.45) is 5.39. The third-order valence-electron chi connectivity index (χ3n) is 5.97. The average Bonchev–Trinajstić information content (AvgIpc) is 2.65. The highest BCUT2D eigenvalue weighted by Gasteiger charge is 2.73. The quantitative estimate of drug-likeness (QED) is 0.699. The van der Waals surface area contributed by atoms with Gasteiger partial charge in [0.2, 0.25) is 0 Å². The van der Waals surface area contributed by atoms with E-state index in [0.29, 0.717) is 5.92 Å². The molecule has 2 heteroatoms. The molecule has 1 N–H and O–H groups in total. The fourth-order valence-corrected chi connectivity index (χ4v) is 5.70. The molecule has 1 spiro atoms. The highest BCUT2D eigenvalue weighted by atomic mass is 16.3. The fourth-order valence-electron chi connectivity index (χ4n) is 5.70. The number of hydrogen-bond donors (Lipinski definition) is 1. The standard InChI is InChI=1S/C15H22O2/c1-9-7-10(16)12-13(2,3)8-14(4)11(17)5-6-15(9,12)14/h5-6,9-10,12,16H,7-8H2,1-4H3. The van der Waals surface area contributed by atoms with Crippen molar-refractivity contribution in [2.75, 3.05) is 0 Å². The van der Waals surface area contributed by atoms with Crippen LogP contribution in [-0.4, -0.2) is 17.0 Å². The van der Waals surface area contributed by atoms with Crippen LogP contribution in [0.5, 0.6) is 0 Å². The van der Waals surface area contributed by atoms with E-state index < -0.39 is 0 Å². The van der Waals surface area contributed by atoms with E-state index in [4.69, 9.17) is 0 Å². The zero-order valence-electron chi connectivity index (χ0n) is 11.2. The minimum atomic E-state index is -0.280. The molecule has 0 bridgehead atoms. The van der Waals surface area contributed by atoms with Crippen LogP contribution in [0.1, 0.15) is 40.5 Å². The summed E-state index contributed by atoms with van der Waals surface area (Å²) in [6.45, 7) is 8.74. The van der Waals surface area contributed by atoms with Gasteiger partial charge in [-0.2, -0.15) is 0 Å². The van der Waals surface area contributed by atoms with Crippen molar-refractivity contribution in [1.29, 1.82) is 0 Å². The van der Waals surface area contributed by atoms with Gasteiger partial charge < -0.3 is 5.11 Å². The third-order valence-corrected chi connectivity index (χ3v) is 5.97. The molecule has 0 aliphatic heterocycles. The van der Waals surface area contributed by atoms with Crippen LogP contribution in [-0.2, 0) is 4.79 Å². The molecule has 3 aliphatic rings. The Bertz CT molecular complexity index is 423. The molecular formula is C15H22O2. The molecule has 5 atom stereocenters. The summed E-state index contributed by atoms with van der Waals surface area (Å²) in [5.74, 6) is 0.906. The van der Waals surface area contributed by atoms with E-state index in [-0.39, 0.29) is 34.1 Å². The molecule has 2 fully saturated rings. The molecular weight excluding hydrogens is 212 g/mol. The van der Waals surface area contributed by atoms with Crippen molar-refractivity contribution in [1.82, 2.24) is 0 Å². The molecule has 0 aromatic rings. The second kappa shape index (κ2) is 2.85. The van der Waals surface area contributed by atoms with Crippen LogP contribution in [0.25, 0.3) is 0 Å². The molecule has 2 nitrogen and oxygen atoms in total. The van der Waals surface area contributed by atoms with Crippen molar-refractivity contribution in [3.05, 3.63) is 12.2 Å². The predicted octanol–water partition coefficient (Wildman–Crippen LogP) is 2.56. The normalized spacial score (nSPS) is 55.1. The van der Waals surface area contributed by atoms with E-state index in [2.05, 4.69) is 33.8 Å². The molecule has 0 aromatic carbocycles. The van der Waals surface area contributed by atoms with Gasteiger partial charge in [-0.25, -0.2) is 0 Å². The molecule has 0 aromatic heterocycles. The number of rotatable bonds is 0. The van der Waals surface area contributed by atoms with Crippen LogP contribution < -0.4 is 0 Å². The zero-order valence-corrected chi connectivity index (χ0v) is 11.2. The van der Waals surface area contributed by atoms with Gasteiger partial charge in [0, 0.05) is 16.7 Å². The van der Waals surface area contributed by atoms with Gasteiger partial charge in [0.05, 0.1) is 6.10 Å². The molecule has 3 aliphatic carbocycles. The van der Waals surface area contributed by atoms with Crippen LogP contribution in [0.3, 0.4) is 0 Å². The summed E-state index contributed by atoms with van der Waals surface area (Å²) in [4.78, 5) is 12.3. The lowest BCUT2D eigenvalue weighted by Crippen LogP contribution is -2.41. The molecule has 2 saturated carbocycles. The third kappa shape index (κ3) is 1.00. The van der Waals surface area contributed by atoms with Crippen molar-refractivity contribution in [3.63, 3.8) is 0 Å². The van der Waals surface area contributed by atoms with Crippen molar-refractivity contribution < 1.29 is 9.90 Å². The van der Waals surface area contributed by atoms with E-state index in [9.17, 15) is 9.90 Å². The number of aliphatic hydroxyl groups is 1. The Morgan fingerprint density at radius 3 is 2.65 bits per heavy atom. The van der Waals surface area contributed by atoms with E-state index >= 15 is 0 Å². The average molecular weight is 234 g/mol. The van der Waals surface area contributed by atoms with E-state index in [0.717, 1.165) is 12.8 Å². The maximum absolute atomic E-state index is 12.3. The summed E-state index contributed by atoms with van der Waals surface area (Å²) in [7, 11) is 0. The Morgan fingerprint density at radius 1 is 1.35 bits per heavy atom. The first-order chi connectivity index (χ1) is 7.76. The van der Waals surface area contributed by atoms with Gasteiger partial charge in [0.15, 0.2) is 5.78 Å². The molecule has 0 radical (unpaired) electrons. The maximum atomic E-state index is 12.3. The summed E-state index contributed by atoms with van der Waals surface area (Å²) in [6, 6.07) is 0. The van der Waals surface area contributed by atoms with Crippen LogP contribution in [0.15, 0.2) is 12.2 Å². The lowest BCUT2D eigenvalue weighted by Gasteiger charge is -2.40. The Morgan fingerprint density at radius 2 is 2.00 bits per heavy atom. The second-order valence-corrected chi connectivity index (χ2v) is 7.31. The number of carbonyl (C=O) groups excluding carboxylic acids is 1. The Hall–Kier alpha value is -0.630. The summed E-state index contributed by atoms with van der Waals surface area (Å²) < 4.78 is 0. The molecule has 5 unspecified atom stereocenters. The van der Waals surface area contributed by atoms with Crippen molar-refractivity contribution in [3.8, 4) is 0 Å². The first-order valence-electron chi connectivity index (χ1n) is 6.67. The Labute approximate surface area is 103 Å². The number of carbonyl (C=O) groups is 1. The molecule has 17 heavy (non-hydrogen) atoms. The monoisotopic (exact) mass is 234 g/mol. The molecule has 0 saturated heterocycles. The highest BCUT2D eigenvalue weighted by Crippen LogP contribution is 2.74. The number of hydrogen-bond acceptors (Lipinski definition) is 2. The van der Waals surface area contributed by atoms with Gasteiger partial charge in [-0.3, -0.25) is 4.79 Å². The number of aliphatic hydroxyl groups excluding tert-OH is 1. The molecule has 0 amide bonds. The Kier molecular flexibility index (Phi) is 1.92. The van der Waals surface area contributed by atoms with E-state index in [1.807, 2.05) is 0 Å². The molecule has 0 heterocycles. The van der Waals surface area contributed by atoms with Crippen LogP contribution in [0.2, 0.25) is 0 Å². The van der Waals surface area contributed by atoms with Gasteiger partial charge >= 0.3 is 0 Å². The fraction of sp³-hybridized carbons (Fsp3) is 0.800. The zero-order chi connectivity index (χ0) is 12.6. The summed E-state index contributed by atoms with van der Waals surface area (Å²) >= 11 is 0. The molecule has 94 valence electrons. The van der Waals surface area contributed by atoms with Crippen molar-refractivity contribution >= 4 is 5.78 Å². The van der Waals surface area contributed by atoms with Crippen molar-refractivity contribution in [2.24, 2.45) is 28.1 Å². The van der Waals surface area contributed by atoms with Gasteiger partial charge in [-0.05, 0) is 30.3 Å². The van der Waals surface area contributed by atoms with E-state index in [1.165, 1.54) is 0 Å². The van der Waals surface area contributed by atoms with Crippen LogP contribution in [0.4, 0.5) is 0 Å². The van der Waals surface area contributed by atoms with Crippen molar-refractivity contribution in [2.45, 2.75) is 46.6 Å². The SMILES string of the molecule is CC1CC(O)C2C(C)(C)CC3(C)C(=O)C=CC123. The lowest BCUT2D eigenvalue weighted by atomic mass is 9.61. The predicted molar refractivity (Wildman–Crippen MR) is 66.4 cm³/mol. The number of ketones is 1. The maximum Gasteiger partial charge on any atom is 0.162 e. The van der Waals surface area contributed by atoms with E-state index in [1.54, 1.807) is 6.08 Å². The van der Waals surface area contributed by atoms with Gasteiger partial charge in [0.1, 0.15) is 0 Å². The van der Waals surface area contributed by atoms with Gasteiger partial charge in [-0.1, -0.05) is 33.8 Å². The Balaban J connectivity index is 2.23. The minimum absolute atomic E-state index is 0.0549. The summed E-state index contributed by atoms with van der Waals surface area (Å²) in [5.41, 5.74) is -0.315.